The number of rotatable bonds is 5. The molecule has 0 radical (unpaired) electrons. The van der Waals surface area contributed by atoms with Crippen LogP contribution < -0.4 is 5.32 Å². The quantitative estimate of drug-likeness (QED) is 0.436. The Kier molecular flexibility index (Phi) is 7.12. The van der Waals surface area contributed by atoms with Gasteiger partial charge in [0.2, 0.25) is 11.4 Å². The first-order valence-corrected chi connectivity index (χ1v) is 9.26. The Hall–Kier alpha value is -2.45. The Labute approximate surface area is 177 Å². The molecule has 2 heterocycles. The fourth-order valence-electron chi connectivity index (χ4n) is 3.72. The van der Waals surface area contributed by atoms with Crippen molar-refractivity contribution >= 4 is 11.9 Å². The van der Waals surface area contributed by atoms with Gasteiger partial charge in [-0.1, -0.05) is 0 Å². The molecule has 180 valence electrons. The van der Waals surface area contributed by atoms with Gasteiger partial charge >= 0.3 is 24.3 Å². The highest BCUT2D eigenvalue weighted by Gasteiger charge is 2.78. The van der Waals surface area contributed by atoms with Crippen molar-refractivity contribution < 1.29 is 55.6 Å². The highest BCUT2D eigenvalue weighted by atomic mass is 19.4. The van der Waals surface area contributed by atoms with Crippen LogP contribution in [-0.4, -0.2) is 64.2 Å². The van der Waals surface area contributed by atoms with Gasteiger partial charge in [0.15, 0.2) is 0 Å². The van der Waals surface area contributed by atoms with Crippen molar-refractivity contribution in [1.29, 1.82) is 0 Å². The summed E-state index contributed by atoms with van der Waals surface area (Å²) in [5, 5.41) is 21.6. The number of carbonyl (C=O) groups excluding carboxylic acids is 2. The molecule has 1 saturated heterocycles. The number of pyridine rings is 1. The molecule has 0 amide bonds. The maximum Gasteiger partial charge on any atom is 0.432 e. The topological polar surface area (TPSA) is 118 Å². The van der Waals surface area contributed by atoms with Gasteiger partial charge in [-0.3, -0.25) is 14.6 Å². The number of aliphatic hydroxyl groups is 2. The second-order valence-electron chi connectivity index (χ2n) is 6.92. The molecule has 4 atom stereocenters. The van der Waals surface area contributed by atoms with E-state index in [9.17, 15) is 46.1 Å². The number of carbonyl (C=O) groups is 2. The first kappa shape index (κ1) is 25.8. The second-order valence-corrected chi connectivity index (χ2v) is 6.92. The van der Waals surface area contributed by atoms with Gasteiger partial charge in [-0.15, -0.1) is 0 Å². The predicted molar refractivity (Wildman–Crippen MR) is 92.4 cm³/mol. The van der Waals surface area contributed by atoms with Crippen molar-refractivity contribution in [3.8, 4) is 0 Å². The van der Waals surface area contributed by atoms with E-state index in [4.69, 9.17) is 0 Å². The molecule has 14 heteroatoms. The molecule has 8 nitrogen and oxygen atoms in total. The smallest absolute Gasteiger partial charge is 0.432 e. The Morgan fingerprint density at radius 3 is 1.62 bits per heavy atom. The average molecular weight is 474 g/mol. The molecule has 3 N–H and O–H groups in total. The van der Waals surface area contributed by atoms with Crippen LogP contribution in [0.1, 0.15) is 25.3 Å². The van der Waals surface area contributed by atoms with Crippen molar-refractivity contribution in [2.75, 3.05) is 13.2 Å². The molecule has 0 saturated carbocycles. The lowest BCUT2D eigenvalue weighted by Crippen LogP contribution is -2.81. The maximum atomic E-state index is 13.9. The summed E-state index contributed by atoms with van der Waals surface area (Å²) in [5.74, 6) is -11.5. The minimum Gasteiger partial charge on any atom is -0.466 e. The number of hydrogen-bond donors (Lipinski definition) is 3. The zero-order chi connectivity index (χ0) is 24.5. The molecule has 0 spiro atoms. The normalized spacial score (nSPS) is 31.1. The lowest BCUT2D eigenvalue weighted by atomic mass is 9.64. The van der Waals surface area contributed by atoms with E-state index in [-0.39, 0.29) is 0 Å². The van der Waals surface area contributed by atoms with Gasteiger partial charge in [0.05, 0.1) is 13.2 Å². The molecule has 32 heavy (non-hydrogen) atoms. The lowest BCUT2D eigenvalue weighted by molar-refractivity contribution is -0.376. The Morgan fingerprint density at radius 2 is 1.31 bits per heavy atom. The van der Waals surface area contributed by atoms with Crippen molar-refractivity contribution in [3.05, 3.63) is 30.1 Å². The van der Waals surface area contributed by atoms with E-state index in [0.717, 1.165) is 24.5 Å². The number of nitrogens with one attached hydrogen (secondary N) is 1. The highest BCUT2D eigenvalue weighted by molar-refractivity contribution is 5.81. The summed E-state index contributed by atoms with van der Waals surface area (Å²) in [4.78, 5) is 28.8. The van der Waals surface area contributed by atoms with Crippen LogP contribution in [-0.2, 0) is 19.1 Å². The van der Waals surface area contributed by atoms with Gasteiger partial charge < -0.3 is 19.7 Å². The minimum atomic E-state index is -5.92. The first-order chi connectivity index (χ1) is 14.7. The minimum absolute atomic E-state index is 0.428. The first-order valence-electron chi connectivity index (χ1n) is 9.26. The second kappa shape index (κ2) is 8.83. The number of alkyl halides is 6. The van der Waals surface area contributed by atoms with Crippen molar-refractivity contribution in [1.82, 2.24) is 10.3 Å². The highest BCUT2D eigenvalue weighted by Crippen LogP contribution is 2.55. The average Bonchev–Trinajstić information content (AvgIpc) is 2.66. The molecular formula is C18H20F6N2O6. The molecular weight excluding hydrogens is 454 g/mol. The van der Waals surface area contributed by atoms with E-state index >= 15 is 0 Å². The van der Waals surface area contributed by atoms with Gasteiger partial charge in [0, 0.05) is 18.3 Å². The number of aromatic nitrogens is 1. The Morgan fingerprint density at radius 1 is 0.938 bits per heavy atom. The maximum absolute atomic E-state index is 13.9. The molecule has 2 rings (SSSR count). The van der Waals surface area contributed by atoms with E-state index in [0.29, 0.717) is 5.32 Å². The molecule has 0 aromatic carbocycles. The lowest BCUT2D eigenvalue weighted by Gasteiger charge is -2.54. The van der Waals surface area contributed by atoms with E-state index in [1.165, 1.54) is 13.8 Å². The summed E-state index contributed by atoms with van der Waals surface area (Å²) in [7, 11) is 0. The van der Waals surface area contributed by atoms with E-state index < -0.39 is 72.3 Å². The van der Waals surface area contributed by atoms with Crippen LogP contribution in [0.15, 0.2) is 24.5 Å². The fourth-order valence-corrected chi connectivity index (χ4v) is 3.72. The SMILES string of the molecule is CCOC(=O)C1C(c2ccncc2)C(C(=O)OCC)C(O)(C(F)(F)F)NC1(O)C(F)(F)F. The molecule has 4 unspecified atom stereocenters. The summed E-state index contributed by atoms with van der Waals surface area (Å²) in [6, 6.07) is 1.89. The van der Waals surface area contributed by atoms with Gasteiger partial charge in [-0.05, 0) is 31.5 Å². The van der Waals surface area contributed by atoms with Crippen LogP contribution in [0.25, 0.3) is 0 Å². The van der Waals surface area contributed by atoms with E-state index in [1.807, 2.05) is 0 Å². The third kappa shape index (κ3) is 4.26. The monoisotopic (exact) mass is 474 g/mol. The number of nitrogens with zero attached hydrogens (tertiary/aromatic N) is 1. The van der Waals surface area contributed by atoms with Crippen LogP contribution in [0.3, 0.4) is 0 Å². The number of hydrogen-bond acceptors (Lipinski definition) is 8. The fraction of sp³-hybridized carbons (Fsp3) is 0.611. The molecule has 1 aliphatic heterocycles. The standard InChI is InChI=1S/C18H20F6N2O6/c1-3-31-13(27)11-10(9-5-7-25-8-6-9)12(14(28)32-4-2)16(30,18(22,23)24)26-15(11,29)17(19,20)21/h5-8,10-12,26,29-30H,3-4H2,1-2H3. The summed E-state index contributed by atoms with van der Waals surface area (Å²) >= 11 is 0. The van der Waals surface area contributed by atoms with Crippen molar-refractivity contribution in [2.24, 2.45) is 11.8 Å². The number of halogens is 6. The third-order valence-corrected chi connectivity index (χ3v) is 5.04. The molecule has 0 aliphatic carbocycles. The van der Waals surface area contributed by atoms with Gasteiger partial charge in [-0.25, -0.2) is 5.32 Å². The van der Waals surface area contributed by atoms with E-state index in [1.54, 1.807) is 0 Å². The van der Waals surface area contributed by atoms with Crippen LogP contribution in [0.2, 0.25) is 0 Å². The molecule has 1 aromatic rings. The van der Waals surface area contributed by atoms with Gasteiger partial charge in [0.1, 0.15) is 11.8 Å². The zero-order valence-electron chi connectivity index (χ0n) is 16.7. The van der Waals surface area contributed by atoms with Crippen LogP contribution in [0.5, 0.6) is 0 Å². The Balaban J connectivity index is 2.93. The van der Waals surface area contributed by atoms with E-state index in [2.05, 4.69) is 14.5 Å². The zero-order valence-corrected chi connectivity index (χ0v) is 16.7. The molecule has 0 bridgehead atoms. The third-order valence-electron chi connectivity index (χ3n) is 5.04. The largest absolute Gasteiger partial charge is 0.466 e. The number of ether oxygens (including phenoxy) is 2. The van der Waals surface area contributed by atoms with Crippen LogP contribution in [0.4, 0.5) is 26.3 Å². The Bertz CT molecular complexity index is 787. The van der Waals surface area contributed by atoms with Gasteiger partial charge in [0.25, 0.3) is 0 Å². The summed E-state index contributed by atoms with van der Waals surface area (Å²) < 4.78 is 92.9. The predicted octanol–water partition coefficient (Wildman–Crippen LogP) is 1.63. The van der Waals surface area contributed by atoms with Crippen LogP contribution >= 0.6 is 0 Å². The van der Waals surface area contributed by atoms with Crippen molar-refractivity contribution in [2.45, 2.75) is 43.6 Å². The molecule has 1 aliphatic rings. The summed E-state index contributed by atoms with van der Waals surface area (Å²) in [5.41, 5.74) is -9.70. The summed E-state index contributed by atoms with van der Waals surface area (Å²) in [6.07, 6.45) is -9.87. The molecule has 1 fully saturated rings. The van der Waals surface area contributed by atoms with Gasteiger partial charge in [-0.2, -0.15) is 26.3 Å². The summed E-state index contributed by atoms with van der Waals surface area (Å²) in [6.45, 7) is 1.47. The molecule has 1 aromatic heterocycles. The number of esters is 2. The van der Waals surface area contributed by atoms with Crippen LogP contribution in [0, 0.1) is 11.8 Å². The number of piperidine rings is 1. The van der Waals surface area contributed by atoms with Crippen molar-refractivity contribution in [3.63, 3.8) is 0 Å².